The maximum atomic E-state index is 12.2. The van der Waals surface area contributed by atoms with E-state index in [4.69, 9.17) is 5.84 Å². The minimum atomic E-state index is -4.46. The van der Waals surface area contributed by atoms with Gasteiger partial charge in [-0.05, 0) is 22.9 Å². The molecule has 3 N–H and O–H groups in total. The number of nitrogens with zero attached hydrogens (tertiary/aromatic N) is 2. The molecule has 0 aliphatic heterocycles. The van der Waals surface area contributed by atoms with E-state index in [0.29, 0.717) is 0 Å². The van der Waals surface area contributed by atoms with Crippen molar-refractivity contribution >= 4 is 21.7 Å². The van der Waals surface area contributed by atoms with E-state index in [9.17, 15) is 13.2 Å². The predicted molar refractivity (Wildman–Crippen MR) is 53.7 cm³/mol. The van der Waals surface area contributed by atoms with Crippen LogP contribution in [-0.2, 0) is 0 Å². The third-order valence-electron chi connectivity index (χ3n) is 1.64. The normalized spacial score (nSPS) is 13.4. The Bertz CT molecular complexity index is 373. The number of nitrogens with two attached hydrogens (primary N) is 1. The first kappa shape index (κ1) is 13.0. The molecule has 0 saturated heterocycles. The zero-order valence-electron chi connectivity index (χ0n) is 8.05. The molecule has 1 aromatic rings. The molecule has 1 atom stereocenters. The fourth-order valence-electron chi connectivity index (χ4n) is 0.771. The van der Waals surface area contributed by atoms with Crippen LogP contribution in [0, 0.1) is 0 Å². The van der Waals surface area contributed by atoms with Crippen molar-refractivity contribution in [1.82, 2.24) is 9.97 Å². The highest BCUT2D eigenvalue weighted by Crippen LogP contribution is 2.31. The van der Waals surface area contributed by atoms with Crippen molar-refractivity contribution in [3.8, 4) is 5.88 Å². The topological polar surface area (TPSA) is 73.1 Å². The fourth-order valence-corrected chi connectivity index (χ4v) is 1.18. The van der Waals surface area contributed by atoms with Crippen LogP contribution in [0.15, 0.2) is 10.8 Å². The minimum Gasteiger partial charge on any atom is -0.464 e. The highest BCUT2D eigenvalue weighted by atomic mass is 79.9. The van der Waals surface area contributed by atoms with Gasteiger partial charge in [-0.1, -0.05) is 0 Å². The molecule has 1 rings (SSSR count). The summed E-state index contributed by atoms with van der Waals surface area (Å²) in [4.78, 5) is 7.24. The number of nitrogens with one attached hydrogen (secondary N) is 1. The Kier molecular flexibility index (Phi) is 3.92. The largest absolute Gasteiger partial charge is 0.464 e. The van der Waals surface area contributed by atoms with Gasteiger partial charge < -0.3 is 10.2 Å². The fraction of sp³-hybridized carbons (Fsp3) is 0.429. The number of halogens is 4. The molecule has 0 aliphatic rings. The molecular formula is C7H8BrF3N4O. The molecule has 0 radical (unpaired) electrons. The molecule has 1 aromatic heterocycles. The lowest BCUT2D eigenvalue weighted by atomic mass is 10.4. The lowest BCUT2D eigenvalue weighted by Gasteiger charge is -2.17. The highest BCUT2D eigenvalue weighted by molar-refractivity contribution is 9.10. The van der Waals surface area contributed by atoms with Gasteiger partial charge in [0.1, 0.15) is 10.8 Å². The number of ether oxygens (including phenoxy) is 1. The lowest BCUT2D eigenvalue weighted by molar-refractivity contribution is -0.190. The van der Waals surface area contributed by atoms with E-state index in [2.05, 4.69) is 36.1 Å². The average molecular weight is 301 g/mol. The molecule has 0 amide bonds. The van der Waals surface area contributed by atoms with Crippen molar-refractivity contribution in [2.75, 3.05) is 5.43 Å². The van der Waals surface area contributed by atoms with Crippen molar-refractivity contribution in [3.63, 3.8) is 0 Å². The summed E-state index contributed by atoms with van der Waals surface area (Å²) in [6.45, 7) is 0.879. The summed E-state index contributed by atoms with van der Waals surface area (Å²) in [6.07, 6.45) is -5.39. The van der Waals surface area contributed by atoms with E-state index >= 15 is 0 Å². The number of alkyl halides is 3. The van der Waals surface area contributed by atoms with Crippen LogP contribution in [0.2, 0.25) is 0 Å². The summed E-state index contributed by atoms with van der Waals surface area (Å²) in [6, 6.07) is 0. The third kappa shape index (κ3) is 2.95. The minimum absolute atomic E-state index is 0.133. The Morgan fingerprint density at radius 2 is 2.12 bits per heavy atom. The summed E-state index contributed by atoms with van der Waals surface area (Å²) in [5.74, 6) is 5.00. The first-order valence-electron chi connectivity index (χ1n) is 4.06. The van der Waals surface area contributed by atoms with Crippen molar-refractivity contribution in [2.24, 2.45) is 5.84 Å². The van der Waals surface area contributed by atoms with Gasteiger partial charge in [0.05, 0.1) is 0 Å². The smallest absolute Gasteiger partial charge is 0.425 e. The van der Waals surface area contributed by atoms with Gasteiger partial charge in [-0.2, -0.15) is 13.2 Å². The number of hydrogen-bond donors (Lipinski definition) is 2. The van der Waals surface area contributed by atoms with Crippen molar-refractivity contribution in [2.45, 2.75) is 19.2 Å². The Hall–Kier alpha value is -1.09. The first-order valence-corrected chi connectivity index (χ1v) is 4.86. The summed E-state index contributed by atoms with van der Waals surface area (Å²) in [7, 11) is 0. The van der Waals surface area contributed by atoms with E-state index in [1.807, 2.05) is 0 Å². The van der Waals surface area contributed by atoms with E-state index in [-0.39, 0.29) is 16.2 Å². The zero-order chi connectivity index (χ0) is 12.3. The molecule has 0 aromatic carbocycles. The molecule has 1 unspecified atom stereocenters. The molecule has 90 valence electrons. The van der Waals surface area contributed by atoms with E-state index < -0.39 is 12.3 Å². The van der Waals surface area contributed by atoms with Crippen LogP contribution in [-0.4, -0.2) is 22.2 Å². The van der Waals surface area contributed by atoms with Crippen molar-refractivity contribution in [1.29, 1.82) is 0 Å². The van der Waals surface area contributed by atoms with Crippen LogP contribution >= 0.6 is 15.9 Å². The summed E-state index contributed by atoms with van der Waals surface area (Å²) in [5.41, 5.74) is 2.19. The SMILES string of the molecule is CC(Oc1ncnc(NN)c1Br)C(F)(F)F. The van der Waals surface area contributed by atoms with Crippen LogP contribution in [0.25, 0.3) is 0 Å². The molecule has 1 heterocycles. The van der Waals surface area contributed by atoms with Gasteiger partial charge in [0.25, 0.3) is 0 Å². The average Bonchev–Trinajstić information content (AvgIpc) is 2.19. The second kappa shape index (κ2) is 4.83. The number of aromatic nitrogens is 2. The van der Waals surface area contributed by atoms with Gasteiger partial charge in [-0.25, -0.2) is 15.8 Å². The number of hydrazine groups is 1. The van der Waals surface area contributed by atoms with E-state index in [0.717, 1.165) is 13.3 Å². The van der Waals surface area contributed by atoms with Crippen molar-refractivity contribution in [3.05, 3.63) is 10.8 Å². The number of rotatable bonds is 3. The Morgan fingerprint density at radius 3 is 2.62 bits per heavy atom. The molecule has 16 heavy (non-hydrogen) atoms. The lowest BCUT2D eigenvalue weighted by Crippen LogP contribution is -2.31. The Labute approximate surface area is 97.3 Å². The van der Waals surface area contributed by atoms with Crippen LogP contribution < -0.4 is 16.0 Å². The summed E-state index contributed by atoms with van der Waals surface area (Å²) >= 11 is 2.98. The second-order valence-electron chi connectivity index (χ2n) is 2.79. The quantitative estimate of drug-likeness (QED) is 0.658. The van der Waals surface area contributed by atoms with Crippen molar-refractivity contribution < 1.29 is 17.9 Å². The number of anilines is 1. The number of nitrogen functional groups attached to an aromatic ring is 1. The van der Waals surface area contributed by atoms with Crippen LogP contribution in [0.4, 0.5) is 19.0 Å². The molecule has 5 nitrogen and oxygen atoms in total. The second-order valence-corrected chi connectivity index (χ2v) is 3.58. The van der Waals surface area contributed by atoms with Gasteiger partial charge in [-0.3, -0.25) is 0 Å². The van der Waals surface area contributed by atoms with Gasteiger partial charge in [0, 0.05) is 0 Å². The van der Waals surface area contributed by atoms with Gasteiger partial charge >= 0.3 is 6.18 Å². The van der Waals surface area contributed by atoms with E-state index in [1.165, 1.54) is 0 Å². The maximum Gasteiger partial charge on any atom is 0.425 e. The molecule has 0 spiro atoms. The van der Waals surface area contributed by atoms with Gasteiger partial charge in [0.15, 0.2) is 11.9 Å². The number of hydrogen-bond acceptors (Lipinski definition) is 5. The monoisotopic (exact) mass is 300 g/mol. The zero-order valence-corrected chi connectivity index (χ0v) is 9.63. The molecule has 0 fully saturated rings. The van der Waals surface area contributed by atoms with Crippen LogP contribution in [0.3, 0.4) is 0 Å². The van der Waals surface area contributed by atoms with Crippen LogP contribution in [0.5, 0.6) is 5.88 Å². The van der Waals surface area contributed by atoms with Gasteiger partial charge in [-0.15, -0.1) is 0 Å². The third-order valence-corrected chi connectivity index (χ3v) is 2.36. The summed E-state index contributed by atoms with van der Waals surface area (Å²) < 4.78 is 41.4. The maximum absolute atomic E-state index is 12.2. The Balaban J connectivity index is 2.90. The highest BCUT2D eigenvalue weighted by Gasteiger charge is 2.38. The molecular weight excluding hydrogens is 293 g/mol. The predicted octanol–water partition coefficient (Wildman–Crippen LogP) is 1.85. The molecule has 0 saturated carbocycles. The van der Waals surface area contributed by atoms with Crippen LogP contribution in [0.1, 0.15) is 6.92 Å². The van der Waals surface area contributed by atoms with Gasteiger partial charge in [0.2, 0.25) is 5.88 Å². The molecule has 0 bridgehead atoms. The Morgan fingerprint density at radius 1 is 1.50 bits per heavy atom. The molecule has 0 aliphatic carbocycles. The van der Waals surface area contributed by atoms with E-state index in [1.54, 1.807) is 0 Å². The molecule has 9 heteroatoms. The standard InChI is InChI=1S/C7H8BrF3N4O/c1-3(7(9,10)11)16-6-4(8)5(15-12)13-2-14-6/h2-3H,12H2,1H3,(H,13,14,15). The first-order chi connectivity index (χ1) is 7.36. The summed E-state index contributed by atoms with van der Waals surface area (Å²) in [5, 5.41) is 0.